The molecule has 116 valence electrons. The minimum Gasteiger partial charge on any atom is -0.281 e. The van der Waals surface area contributed by atoms with Gasteiger partial charge in [0.15, 0.2) is 5.69 Å². The van der Waals surface area contributed by atoms with E-state index in [0.29, 0.717) is 10.0 Å². The summed E-state index contributed by atoms with van der Waals surface area (Å²) in [5.74, 6) is -0.386. The number of hydrogen-bond acceptors (Lipinski definition) is 3. The van der Waals surface area contributed by atoms with Crippen molar-refractivity contribution in [2.24, 2.45) is 5.10 Å². The summed E-state index contributed by atoms with van der Waals surface area (Å²) in [6.45, 7) is 6.10. The first-order chi connectivity index (χ1) is 10.3. The average Bonchev–Trinajstić information content (AvgIpc) is 2.92. The number of nitrogens with zero attached hydrogens (tertiary/aromatic N) is 2. The van der Waals surface area contributed by atoms with Crippen molar-refractivity contribution in [3.63, 3.8) is 0 Å². The molecular formula is C15H16Cl2N4O. The molecular weight excluding hydrogens is 323 g/mol. The highest BCUT2D eigenvalue weighted by molar-refractivity contribution is 6.42. The molecule has 0 bridgehead atoms. The Hall–Kier alpha value is -1.85. The smallest absolute Gasteiger partial charge is 0.281 e. The second kappa shape index (κ2) is 6.50. The number of hydrazone groups is 1. The van der Waals surface area contributed by atoms with Gasteiger partial charge in [-0.15, -0.1) is 0 Å². The molecule has 22 heavy (non-hydrogen) atoms. The Labute approximate surface area is 138 Å². The van der Waals surface area contributed by atoms with E-state index in [1.165, 1.54) is 6.21 Å². The number of carbonyl (C=O) groups is 1. The number of amides is 1. The van der Waals surface area contributed by atoms with Crippen LogP contribution in [-0.4, -0.2) is 22.3 Å². The molecule has 1 aromatic carbocycles. The molecule has 0 spiro atoms. The third-order valence-electron chi connectivity index (χ3n) is 2.94. The van der Waals surface area contributed by atoms with Gasteiger partial charge in [-0.1, -0.05) is 50.0 Å². The Morgan fingerprint density at radius 3 is 2.59 bits per heavy atom. The highest BCUT2D eigenvalue weighted by Crippen LogP contribution is 2.22. The summed E-state index contributed by atoms with van der Waals surface area (Å²) >= 11 is 11.7. The zero-order chi connectivity index (χ0) is 16.3. The van der Waals surface area contributed by atoms with Gasteiger partial charge in [0.05, 0.1) is 16.3 Å². The van der Waals surface area contributed by atoms with E-state index < -0.39 is 0 Å². The van der Waals surface area contributed by atoms with E-state index in [1.54, 1.807) is 24.3 Å². The Morgan fingerprint density at radius 2 is 2.00 bits per heavy atom. The summed E-state index contributed by atoms with van der Waals surface area (Å²) in [6.07, 6.45) is 1.48. The summed E-state index contributed by atoms with van der Waals surface area (Å²) in [7, 11) is 0. The van der Waals surface area contributed by atoms with Gasteiger partial charge in [0, 0.05) is 11.1 Å². The lowest BCUT2D eigenvalue weighted by molar-refractivity contribution is 0.0950. The molecule has 0 aliphatic carbocycles. The zero-order valence-corrected chi connectivity index (χ0v) is 14.0. The summed E-state index contributed by atoms with van der Waals surface area (Å²) < 4.78 is 0. The number of benzene rings is 1. The molecule has 1 heterocycles. The largest absolute Gasteiger partial charge is 0.291 e. The highest BCUT2D eigenvalue weighted by Gasteiger charge is 2.19. The molecule has 1 amide bonds. The fraction of sp³-hybridized carbons (Fsp3) is 0.267. The van der Waals surface area contributed by atoms with Crippen LogP contribution in [0.5, 0.6) is 0 Å². The summed E-state index contributed by atoms with van der Waals surface area (Å²) in [5, 5.41) is 11.6. The summed E-state index contributed by atoms with van der Waals surface area (Å²) in [5.41, 5.74) is 4.21. The van der Waals surface area contributed by atoms with Crippen LogP contribution in [0.1, 0.15) is 42.5 Å². The van der Waals surface area contributed by atoms with Crippen molar-refractivity contribution in [2.75, 3.05) is 0 Å². The average molecular weight is 339 g/mol. The molecule has 2 N–H and O–H groups in total. The van der Waals surface area contributed by atoms with Crippen LogP contribution in [0.2, 0.25) is 10.0 Å². The van der Waals surface area contributed by atoms with E-state index in [0.717, 1.165) is 11.3 Å². The lowest BCUT2D eigenvalue weighted by Crippen LogP contribution is -2.18. The van der Waals surface area contributed by atoms with Gasteiger partial charge in [0.2, 0.25) is 0 Å². The zero-order valence-electron chi connectivity index (χ0n) is 12.4. The molecule has 2 aromatic rings. The van der Waals surface area contributed by atoms with Crippen LogP contribution >= 0.6 is 23.2 Å². The van der Waals surface area contributed by atoms with Gasteiger partial charge >= 0.3 is 0 Å². The van der Waals surface area contributed by atoms with Gasteiger partial charge < -0.3 is 0 Å². The monoisotopic (exact) mass is 338 g/mol. The maximum absolute atomic E-state index is 11.9. The molecule has 0 unspecified atom stereocenters. The van der Waals surface area contributed by atoms with Crippen molar-refractivity contribution < 1.29 is 4.79 Å². The number of carbonyl (C=O) groups excluding carboxylic acids is 1. The van der Waals surface area contributed by atoms with Gasteiger partial charge in [-0.2, -0.15) is 10.2 Å². The lowest BCUT2D eigenvalue weighted by atomic mass is 9.92. The highest BCUT2D eigenvalue weighted by atomic mass is 35.5. The standard InChI is InChI=1S/C15H16Cl2N4O/c1-15(2,3)13-7-12(19-20-13)14(22)21-18-8-9-4-5-10(16)11(17)6-9/h4-8H,1-3H3,(H,19,20)(H,21,22)/b18-8-. The predicted octanol–water partition coefficient (Wildman–Crippen LogP) is 3.78. The molecule has 7 heteroatoms. The first-order valence-electron chi connectivity index (χ1n) is 6.62. The van der Waals surface area contributed by atoms with Crippen LogP contribution in [0.3, 0.4) is 0 Å². The van der Waals surface area contributed by atoms with E-state index in [2.05, 4.69) is 20.7 Å². The Bertz CT molecular complexity index is 717. The van der Waals surface area contributed by atoms with Gasteiger partial charge in [0.1, 0.15) is 0 Å². The predicted molar refractivity (Wildman–Crippen MR) is 88.8 cm³/mol. The molecule has 0 atom stereocenters. The van der Waals surface area contributed by atoms with Crippen LogP contribution < -0.4 is 5.43 Å². The number of H-pyrrole nitrogens is 1. The van der Waals surface area contributed by atoms with E-state index in [1.807, 2.05) is 20.8 Å². The summed E-state index contributed by atoms with van der Waals surface area (Å²) in [4.78, 5) is 11.9. The lowest BCUT2D eigenvalue weighted by Gasteiger charge is -2.14. The summed E-state index contributed by atoms with van der Waals surface area (Å²) in [6, 6.07) is 6.78. The molecule has 0 aliphatic heterocycles. The van der Waals surface area contributed by atoms with Crippen LogP contribution in [0.15, 0.2) is 29.4 Å². The number of rotatable bonds is 3. The van der Waals surface area contributed by atoms with Crippen molar-refractivity contribution in [3.8, 4) is 0 Å². The molecule has 0 radical (unpaired) electrons. The molecule has 0 aliphatic rings. The van der Waals surface area contributed by atoms with Crippen LogP contribution in [-0.2, 0) is 5.41 Å². The number of aromatic amines is 1. The van der Waals surface area contributed by atoms with Crippen molar-refractivity contribution in [2.45, 2.75) is 26.2 Å². The second-order valence-electron chi connectivity index (χ2n) is 5.79. The number of halogens is 2. The molecule has 0 saturated carbocycles. The number of nitrogens with one attached hydrogen (secondary N) is 2. The van der Waals surface area contributed by atoms with Crippen molar-refractivity contribution in [3.05, 3.63) is 51.3 Å². The Balaban J connectivity index is 2.01. The van der Waals surface area contributed by atoms with Gasteiger partial charge in [-0.25, -0.2) is 5.43 Å². The van der Waals surface area contributed by atoms with Crippen LogP contribution in [0, 0.1) is 0 Å². The quantitative estimate of drug-likeness (QED) is 0.660. The van der Waals surface area contributed by atoms with Gasteiger partial charge in [-0.05, 0) is 23.8 Å². The van der Waals surface area contributed by atoms with Gasteiger partial charge in [0.25, 0.3) is 5.91 Å². The van der Waals surface area contributed by atoms with E-state index in [-0.39, 0.29) is 17.0 Å². The molecule has 1 aromatic heterocycles. The van der Waals surface area contributed by atoms with Crippen LogP contribution in [0.4, 0.5) is 0 Å². The third kappa shape index (κ3) is 4.08. The minimum absolute atomic E-state index is 0.102. The molecule has 2 rings (SSSR count). The Morgan fingerprint density at radius 1 is 1.27 bits per heavy atom. The van der Waals surface area contributed by atoms with E-state index in [9.17, 15) is 4.79 Å². The first kappa shape index (κ1) is 16.5. The SMILES string of the molecule is CC(C)(C)c1cc(C(=O)N/N=C\c2ccc(Cl)c(Cl)c2)n[nH]1. The molecule has 0 fully saturated rings. The van der Waals surface area contributed by atoms with Gasteiger partial charge in [-0.3, -0.25) is 9.89 Å². The normalized spacial score (nSPS) is 11.9. The molecule has 0 saturated heterocycles. The fourth-order valence-electron chi connectivity index (χ4n) is 1.64. The van der Waals surface area contributed by atoms with Crippen molar-refractivity contribution in [1.29, 1.82) is 0 Å². The maximum Gasteiger partial charge on any atom is 0.291 e. The maximum atomic E-state index is 11.9. The third-order valence-corrected chi connectivity index (χ3v) is 3.68. The fourth-order valence-corrected chi connectivity index (χ4v) is 1.94. The first-order valence-corrected chi connectivity index (χ1v) is 7.37. The number of hydrogen-bond donors (Lipinski definition) is 2. The second-order valence-corrected chi connectivity index (χ2v) is 6.60. The molecule has 5 nitrogen and oxygen atoms in total. The number of aromatic nitrogens is 2. The van der Waals surface area contributed by atoms with Crippen molar-refractivity contribution in [1.82, 2.24) is 15.6 Å². The minimum atomic E-state index is -0.386. The van der Waals surface area contributed by atoms with Crippen molar-refractivity contribution >= 4 is 35.3 Å². The Kier molecular flexibility index (Phi) is 4.88. The van der Waals surface area contributed by atoms with Crippen LogP contribution in [0.25, 0.3) is 0 Å². The van der Waals surface area contributed by atoms with E-state index >= 15 is 0 Å². The topological polar surface area (TPSA) is 70.1 Å². The van der Waals surface area contributed by atoms with E-state index in [4.69, 9.17) is 23.2 Å².